The Hall–Kier alpha value is -3.25. The Kier molecular flexibility index (Phi) is 5.04. The number of anilines is 1. The Morgan fingerprint density at radius 2 is 1.86 bits per heavy atom. The summed E-state index contributed by atoms with van der Waals surface area (Å²) in [4.78, 5) is 17.1. The van der Waals surface area contributed by atoms with Crippen LogP contribution in [-0.4, -0.2) is 17.0 Å². The summed E-state index contributed by atoms with van der Waals surface area (Å²) in [6, 6.07) is 21.1. The van der Waals surface area contributed by atoms with Crippen LogP contribution in [-0.2, 0) is 4.79 Å². The number of thiazole rings is 1. The van der Waals surface area contributed by atoms with Crippen molar-refractivity contribution < 1.29 is 13.9 Å². The zero-order valence-corrected chi connectivity index (χ0v) is 15.9. The zero-order chi connectivity index (χ0) is 19.5. The van der Waals surface area contributed by atoms with Crippen molar-refractivity contribution in [3.63, 3.8) is 0 Å². The van der Waals surface area contributed by atoms with Crippen LogP contribution >= 0.6 is 11.3 Å². The number of carbonyl (C=O) groups is 1. The molecule has 3 aromatic carbocycles. The lowest BCUT2D eigenvalue weighted by Gasteiger charge is -2.15. The fraction of sp³-hybridized carbons (Fsp3) is 0.0909. The average molecular weight is 392 g/mol. The minimum Gasteiger partial charge on any atom is -0.481 e. The SMILES string of the molecule is CC(Oc1ccc(F)cc1)C(=O)Nc1cccc(-c2nc3ccccc3s2)c1. The summed E-state index contributed by atoms with van der Waals surface area (Å²) in [5, 5.41) is 3.75. The molecule has 0 spiro atoms. The molecule has 1 N–H and O–H groups in total. The molecule has 1 amide bonds. The number of amides is 1. The number of nitrogens with one attached hydrogen (secondary N) is 1. The van der Waals surface area contributed by atoms with E-state index in [1.165, 1.54) is 24.3 Å². The van der Waals surface area contributed by atoms with Crippen LogP contribution in [0.15, 0.2) is 72.8 Å². The van der Waals surface area contributed by atoms with Crippen LogP contribution in [0.2, 0.25) is 0 Å². The van der Waals surface area contributed by atoms with Gasteiger partial charge in [-0.2, -0.15) is 0 Å². The first-order valence-corrected chi connectivity index (χ1v) is 9.59. The maximum atomic E-state index is 13.0. The lowest BCUT2D eigenvalue weighted by Crippen LogP contribution is -2.30. The molecule has 0 aliphatic rings. The molecule has 1 atom stereocenters. The number of carbonyl (C=O) groups excluding carboxylic acids is 1. The van der Waals surface area contributed by atoms with Gasteiger partial charge in [-0.15, -0.1) is 11.3 Å². The minimum atomic E-state index is -0.725. The van der Waals surface area contributed by atoms with Crippen molar-refractivity contribution in [1.82, 2.24) is 4.98 Å². The number of ether oxygens (including phenoxy) is 1. The fourth-order valence-electron chi connectivity index (χ4n) is 2.74. The van der Waals surface area contributed by atoms with E-state index in [0.29, 0.717) is 11.4 Å². The molecule has 0 fully saturated rings. The molecule has 4 rings (SSSR count). The third-order valence-electron chi connectivity index (χ3n) is 4.17. The summed E-state index contributed by atoms with van der Waals surface area (Å²) in [6.07, 6.45) is -0.725. The molecule has 0 saturated heterocycles. The molecule has 0 aliphatic carbocycles. The molecule has 1 heterocycles. The Bertz CT molecular complexity index is 1090. The Morgan fingerprint density at radius 3 is 2.64 bits per heavy atom. The number of nitrogens with zero attached hydrogens (tertiary/aromatic N) is 1. The van der Waals surface area contributed by atoms with Crippen molar-refractivity contribution >= 4 is 33.1 Å². The van der Waals surface area contributed by atoms with E-state index in [2.05, 4.69) is 10.3 Å². The molecule has 0 saturated carbocycles. The highest BCUT2D eigenvalue weighted by atomic mass is 32.1. The second kappa shape index (κ2) is 7.78. The van der Waals surface area contributed by atoms with Gasteiger partial charge in [-0.1, -0.05) is 24.3 Å². The maximum Gasteiger partial charge on any atom is 0.265 e. The fourth-order valence-corrected chi connectivity index (χ4v) is 3.70. The standard InChI is InChI=1S/C22H17FN2O2S/c1-14(27-18-11-9-16(23)10-12-18)21(26)24-17-6-4-5-15(13-17)22-25-19-7-2-3-8-20(19)28-22/h2-14H,1H3,(H,24,26). The quantitative estimate of drug-likeness (QED) is 0.487. The number of para-hydroxylation sites is 1. The van der Waals surface area contributed by atoms with Crippen LogP contribution in [0.5, 0.6) is 5.75 Å². The van der Waals surface area contributed by atoms with E-state index in [9.17, 15) is 9.18 Å². The van der Waals surface area contributed by atoms with Gasteiger partial charge in [0, 0.05) is 11.3 Å². The molecule has 1 unspecified atom stereocenters. The summed E-state index contributed by atoms with van der Waals surface area (Å²) in [6.45, 7) is 1.65. The van der Waals surface area contributed by atoms with E-state index in [-0.39, 0.29) is 11.7 Å². The third-order valence-corrected chi connectivity index (χ3v) is 5.25. The minimum absolute atomic E-state index is 0.286. The van der Waals surface area contributed by atoms with Crippen LogP contribution < -0.4 is 10.1 Å². The van der Waals surface area contributed by atoms with Gasteiger partial charge in [-0.05, 0) is 55.5 Å². The molecule has 6 heteroatoms. The van der Waals surface area contributed by atoms with Gasteiger partial charge >= 0.3 is 0 Å². The summed E-state index contributed by atoms with van der Waals surface area (Å²) < 4.78 is 19.7. The van der Waals surface area contributed by atoms with Crippen molar-refractivity contribution in [1.29, 1.82) is 0 Å². The first kappa shape index (κ1) is 18.1. The van der Waals surface area contributed by atoms with Gasteiger partial charge in [0.05, 0.1) is 10.2 Å². The molecule has 0 aliphatic heterocycles. The van der Waals surface area contributed by atoms with E-state index >= 15 is 0 Å². The second-order valence-corrected chi connectivity index (χ2v) is 7.30. The molecule has 28 heavy (non-hydrogen) atoms. The summed E-state index contributed by atoms with van der Waals surface area (Å²) >= 11 is 1.61. The summed E-state index contributed by atoms with van der Waals surface area (Å²) in [5.74, 6) is -0.200. The highest BCUT2D eigenvalue weighted by molar-refractivity contribution is 7.21. The van der Waals surface area contributed by atoms with Gasteiger partial charge in [0.1, 0.15) is 16.6 Å². The van der Waals surface area contributed by atoms with Gasteiger partial charge in [-0.3, -0.25) is 4.79 Å². The first-order chi connectivity index (χ1) is 13.6. The van der Waals surface area contributed by atoms with Gasteiger partial charge in [0.2, 0.25) is 0 Å². The smallest absolute Gasteiger partial charge is 0.265 e. The van der Waals surface area contributed by atoms with Crippen molar-refractivity contribution in [2.24, 2.45) is 0 Å². The monoisotopic (exact) mass is 392 g/mol. The van der Waals surface area contributed by atoms with Crippen molar-refractivity contribution in [2.75, 3.05) is 5.32 Å². The Morgan fingerprint density at radius 1 is 1.07 bits per heavy atom. The van der Waals surface area contributed by atoms with Gasteiger partial charge < -0.3 is 10.1 Å². The molecule has 4 aromatic rings. The van der Waals surface area contributed by atoms with Crippen LogP contribution in [0.25, 0.3) is 20.8 Å². The highest BCUT2D eigenvalue weighted by Crippen LogP contribution is 2.31. The summed E-state index contributed by atoms with van der Waals surface area (Å²) in [7, 11) is 0. The van der Waals surface area contributed by atoms with E-state index < -0.39 is 6.10 Å². The van der Waals surface area contributed by atoms with E-state index in [1.54, 1.807) is 18.3 Å². The number of halogens is 1. The molecule has 0 bridgehead atoms. The number of rotatable bonds is 5. The summed E-state index contributed by atoms with van der Waals surface area (Å²) in [5.41, 5.74) is 2.56. The van der Waals surface area contributed by atoms with Crippen molar-refractivity contribution in [3.8, 4) is 16.3 Å². The Balaban J connectivity index is 1.48. The van der Waals surface area contributed by atoms with Gasteiger partial charge in [-0.25, -0.2) is 9.37 Å². The van der Waals surface area contributed by atoms with Gasteiger partial charge in [0.15, 0.2) is 6.10 Å². The van der Waals surface area contributed by atoms with Crippen LogP contribution in [0, 0.1) is 5.82 Å². The molecule has 140 valence electrons. The normalized spacial score (nSPS) is 11.9. The number of fused-ring (bicyclic) bond motifs is 1. The van der Waals surface area contributed by atoms with E-state index in [4.69, 9.17) is 4.74 Å². The average Bonchev–Trinajstić information content (AvgIpc) is 3.14. The van der Waals surface area contributed by atoms with Crippen LogP contribution in [0.1, 0.15) is 6.92 Å². The van der Waals surface area contributed by atoms with Gasteiger partial charge in [0.25, 0.3) is 5.91 Å². The topological polar surface area (TPSA) is 51.2 Å². The Labute approximate surface area is 165 Å². The zero-order valence-electron chi connectivity index (χ0n) is 15.1. The van der Waals surface area contributed by atoms with Crippen molar-refractivity contribution in [2.45, 2.75) is 13.0 Å². The molecule has 4 nitrogen and oxygen atoms in total. The lowest BCUT2D eigenvalue weighted by molar-refractivity contribution is -0.122. The maximum absolute atomic E-state index is 13.0. The van der Waals surface area contributed by atoms with E-state index in [1.807, 2.05) is 48.5 Å². The number of benzene rings is 3. The molecular weight excluding hydrogens is 375 g/mol. The second-order valence-electron chi connectivity index (χ2n) is 6.27. The molecule has 0 radical (unpaired) electrons. The van der Waals surface area contributed by atoms with Crippen molar-refractivity contribution in [3.05, 3.63) is 78.6 Å². The largest absolute Gasteiger partial charge is 0.481 e. The molecular formula is C22H17FN2O2S. The lowest BCUT2D eigenvalue weighted by atomic mass is 10.2. The van der Waals surface area contributed by atoms with Crippen LogP contribution in [0.3, 0.4) is 0 Å². The first-order valence-electron chi connectivity index (χ1n) is 8.77. The number of hydrogen-bond acceptors (Lipinski definition) is 4. The predicted octanol–water partition coefficient (Wildman–Crippen LogP) is 5.51. The third kappa shape index (κ3) is 4.02. The van der Waals surface area contributed by atoms with Crippen LogP contribution in [0.4, 0.5) is 10.1 Å². The highest BCUT2D eigenvalue weighted by Gasteiger charge is 2.15. The molecule has 1 aromatic heterocycles. The van der Waals surface area contributed by atoms with E-state index in [0.717, 1.165) is 20.8 Å². The number of hydrogen-bond donors (Lipinski definition) is 1. The number of aromatic nitrogens is 1. The predicted molar refractivity (Wildman–Crippen MR) is 110 cm³/mol.